The molecule has 2 N–H and O–H groups in total. The highest BCUT2D eigenvalue weighted by Crippen LogP contribution is 2.40. The number of hydrogen-bond acceptors (Lipinski definition) is 4. The summed E-state index contributed by atoms with van der Waals surface area (Å²) >= 11 is 0. The van der Waals surface area contributed by atoms with E-state index in [0.29, 0.717) is 5.92 Å². The number of aliphatic hydroxyl groups is 1. The molecule has 2 fully saturated rings. The van der Waals surface area contributed by atoms with Gasteiger partial charge in [-0.05, 0) is 38.3 Å². The lowest BCUT2D eigenvalue weighted by molar-refractivity contribution is 0.0614. The lowest BCUT2D eigenvalue weighted by atomic mass is 9.92. The maximum absolute atomic E-state index is 9.94. The van der Waals surface area contributed by atoms with Gasteiger partial charge in [-0.1, -0.05) is 13.8 Å². The fourth-order valence-electron chi connectivity index (χ4n) is 3.24. The second-order valence-electron chi connectivity index (χ2n) is 6.23. The van der Waals surface area contributed by atoms with E-state index in [2.05, 4.69) is 29.0 Å². The first kappa shape index (κ1) is 15.2. The van der Waals surface area contributed by atoms with Gasteiger partial charge < -0.3 is 15.3 Å². The molecule has 0 bridgehead atoms. The largest absolute Gasteiger partial charge is 0.394 e. The van der Waals surface area contributed by atoms with Gasteiger partial charge in [-0.15, -0.1) is 0 Å². The zero-order valence-corrected chi connectivity index (χ0v) is 12.7. The van der Waals surface area contributed by atoms with Crippen molar-refractivity contribution in [1.29, 1.82) is 0 Å². The maximum Gasteiger partial charge on any atom is 0.0628 e. The van der Waals surface area contributed by atoms with Gasteiger partial charge >= 0.3 is 0 Å². The van der Waals surface area contributed by atoms with Crippen LogP contribution in [0.5, 0.6) is 0 Å². The number of piperazine rings is 1. The molecule has 1 saturated carbocycles. The van der Waals surface area contributed by atoms with Crippen LogP contribution in [0.4, 0.5) is 0 Å². The number of aliphatic hydroxyl groups excluding tert-OH is 1. The first-order valence-electron chi connectivity index (χ1n) is 8.04. The molecule has 1 saturated heterocycles. The summed E-state index contributed by atoms with van der Waals surface area (Å²) in [5.41, 5.74) is -0.0373. The van der Waals surface area contributed by atoms with Crippen LogP contribution in [0.25, 0.3) is 0 Å². The predicted molar refractivity (Wildman–Crippen MR) is 79.4 cm³/mol. The second kappa shape index (κ2) is 7.02. The van der Waals surface area contributed by atoms with E-state index in [4.69, 9.17) is 0 Å². The molecule has 0 spiro atoms. The summed E-state index contributed by atoms with van der Waals surface area (Å²) in [6, 6.07) is 0. The van der Waals surface area contributed by atoms with Crippen LogP contribution in [0, 0.1) is 5.92 Å². The SMILES string of the molecule is CCCNC(CO)(CN1CCN(CC)CC1)C1CC1. The minimum atomic E-state index is -0.0373. The van der Waals surface area contributed by atoms with E-state index < -0.39 is 0 Å². The first-order valence-corrected chi connectivity index (χ1v) is 8.04. The lowest BCUT2D eigenvalue weighted by Crippen LogP contribution is -2.60. The van der Waals surface area contributed by atoms with Crippen LogP contribution in [0.15, 0.2) is 0 Å². The van der Waals surface area contributed by atoms with Gasteiger partial charge in [-0.25, -0.2) is 0 Å². The Bertz CT molecular complexity index is 262. The molecule has 1 atom stereocenters. The van der Waals surface area contributed by atoms with E-state index in [1.165, 1.54) is 25.9 Å². The smallest absolute Gasteiger partial charge is 0.0628 e. The molecule has 1 aliphatic heterocycles. The topological polar surface area (TPSA) is 38.7 Å². The lowest BCUT2D eigenvalue weighted by Gasteiger charge is -2.42. The Balaban J connectivity index is 1.88. The molecule has 1 unspecified atom stereocenters. The number of nitrogens with zero attached hydrogens (tertiary/aromatic N) is 2. The average Bonchev–Trinajstić information content (AvgIpc) is 3.29. The molecule has 2 aliphatic rings. The molecular weight excluding hydrogens is 238 g/mol. The van der Waals surface area contributed by atoms with E-state index in [1.807, 2.05) is 0 Å². The summed E-state index contributed by atoms with van der Waals surface area (Å²) in [5.74, 6) is 0.688. The molecular formula is C15H31N3O. The quantitative estimate of drug-likeness (QED) is 0.682. The molecule has 0 aromatic heterocycles. The molecule has 19 heavy (non-hydrogen) atoms. The Morgan fingerprint density at radius 2 is 1.74 bits per heavy atom. The zero-order valence-electron chi connectivity index (χ0n) is 12.7. The van der Waals surface area contributed by atoms with E-state index in [-0.39, 0.29) is 12.1 Å². The van der Waals surface area contributed by atoms with Crippen LogP contribution in [0.2, 0.25) is 0 Å². The molecule has 0 amide bonds. The van der Waals surface area contributed by atoms with Gasteiger partial charge in [0.25, 0.3) is 0 Å². The third-order valence-corrected chi connectivity index (χ3v) is 4.79. The molecule has 1 aliphatic carbocycles. The highest BCUT2D eigenvalue weighted by molar-refractivity contribution is 5.03. The number of hydrogen-bond donors (Lipinski definition) is 2. The van der Waals surface area contributed by atoms with Crippen molar-refractivity contribution in [1.82, 2.24) is 15.1 Å². The van der Waals surface area contributed by atoms with Crippen LogP contribution in [0.3, 0.4) is 0 Å². The fourth-order valence-corrected chi connectivity index (χ4v) is 3.24. The highest BCUT2D eigenvalue weighted by atomic mass is 16.3. The van der Waals surface area contributed by atoms with Gasteiger partial charge in [-0.2, -0.15) is 0 Å². The van der Waals surface area contributed by atoms with E-state index >= 15 is 0 Å². The highest BCUT2D eigenvalue weighted by Gasteiger charge is 2.45. The van der Waals surface area contributed by atoms with Crippen LogP contribution in [-0.2, 0) is 0 Å². The Morgan fingerprint density at radius 1 is 1.11 bits per heavy atom. The van der Waals surface area contributed by atoms with Crippen molar-refractivity contribution < 1.29 is 5.11 Å². The average molecular weight is 269 g/mol. The molecule has 0 aromatic rings. The van der Waals surface area contributed by atoms with Gasteiger partial charge in [0.2, 0.25) is 0 Å². The summed E-state index contributed by atoms with van der Waals surface area (Å²) in [6.45, 7) is 12.6. The van der Waals surface area contributed by atoms with Crippen LogP contribution >= 0.6 is 0 Å². The third kappa shape index (κ3) is 3.91. The van der Waals surface area contributed by atoms with Crippen molar-refractivity contribution >= 4 is 0 Å². The van der Waals surface area contributed by atoms with E-state index in [0.717, 1.165) is 39.1 Å². The summed E-state index contributed by atoms with van der Waals surface area (Å²) < 4.78 is 0. The number of likely N-dealkylation sites (N-methyl/N-ethyl adjacent to an activating group) is 1. The summed E-state index contributed by atoms with van der Waals surface area (Å²) in [7, 11) is 0. The number of nitrogens with one attached hydrogen (secondary N) is 1. The summed E-state index contributed by atoms with van der Waals surface area (Å²) in [5, 5.41) is 13.6. The van der Waals surface area contributed by atoms with Crippen LogP contribution < -0.4 is 5.32 Å². The van der Waals surface area contributed by atoms with Gasteiger partial charge in [-0.3, -0.25) is 4.90 Å². The maximum atomic E-state index is 9.94. The summed E-state index contributed by atoms with van der Waals surface area (Å²) in [6.07, 6.45) is 3.70. The van der Waals surface area contributed by atoms with Gasteiger partial charge in [0, 0.05) is 32.7 Å². The van der Waals surface area contributed by atoms with Gasteiger partial charge in [0.15, 0.2) is 0 Å². The Morgan fingerprint density at radius 3 is 2.21 bits per heavy atom. The predicted octanol–water partition coefficient (Wildman–Crippen LogP) is 0.765. The second-order valence-corrected chi connectivity index (χ2v) is 6.23. The van der Waals surface area contributed by atoms with Crippen molar-refractivity contribution in [3.05, 3.63) is 0 Å². The minimum Gasteiger partial charge on any atom is -0.394 e. The van der Waals surface area contributed by atoms with Crippen molar-refractivity contribution in [2.45, 2.75) is 38.6 Å². The van der Waals surface area contributed by atoms with Crippen LogP contribution in [0.1, 0.15) is 33.1 Å². The molecule has 4 heteroatoms. The summed E-state index contributed by atoms with van der Waals surface area (Å²) in [4.78, 5) is 5.05. The molecule has 2 rings (SSSR count). The standard InChI is InChI=1S/C15H31N3O/c1-3-7-16-15(13-19,14-5-6-14)12-18-10-8-17(4-2)9-11-18/h14,16,19H,3-13H2,1-2H3. The molecule has 112 valence electrons. The molecule has 0 radical (unpaired) electrons. The number of rotatable bonds is 8. The molecule has 4 nitrogen and oxygen atoms in total. The Labute approximate surface area is 118 Å². The van der Waals surface area contributed by atoms with Crippen molar-refractivity contribution in [3.63, 3.8) is 0 Å². The molecule has 1 heterocycles. The van der Waals surface area contributed by atoms with Crippen molar-refractivity contribution in [2.24, 2.45) is 5.92 Å². The third-order valence-electron chi connectivity index (χ3n) is 4.79. The van der Waals surface area contributed by atoms with Gasteiger partial charge in [0.05, 0.1) is 12.1 Å². The zero-order chi connectivity index (χ0) is 13.7. The normalized spacial score (nSPS) is 25.4. The Kier molecular flexibility index (Phi) is 5.63. The van der Waals surface area contributed by atoms with Crippen LogP contribution in [-0.4, -0.2) is 72.9 Å². The minimum absolute atomic E-state index is 0.0373. The van der Waals surface area contributed by atoms with Gasteiger partial charge in [0.1, 0.15) is 0 Å². The first-order chi connectivity index (χ1) is 9.24. The monoisotopic (exact) mass is 269 g/mol. The fraction of sp³-hybridized carbons (Fsp3) is 1.00. The molecule has 0 aromatic carbocycles. The van der Waals surface area contributed by atoms with E-state index in [1.54, 1.807) is 0 Å². The van der Waals surface area contributed by atoms with E-state index in [9.17, 15) is 5.11 Å². The van der Waals surface area contributed by atoms with Crippen molar-refractivity contribution in [3.8, 4) is 0 Å². The van der Waals surface area contributed by atoms with Crippen molar-refractivity contribution in [2.75, 3.05) is 52.4 Å². The Hall–Kier alpha value is -0.160.